The largest absolute Gasteiger partial charge is 0.445 e. The lowest BCUT2D eigenvalue weighted by Crippen LogP contribution is -2.53. The summed E-state index contributed by atoms with van der Waals surface area (Å²) in [7, 11) is 0. The second-order valence-electron chi connectivity index (χ2n) is 9.54. The van der Waals surface area contributed by atoms with Crippen LogP contribution in [0.2, 0.25) is 0 Å². The minimum absolute atomic E-state index is 0.161. The Kier molecular flexibility index (Phi) is 8.12. The van der Waals surface area contributed by atoms with Crippen molar-refractivity contribution in [1.82, 2.24) is 10.2 Å². The van der Waals surface area contributed by atoms with E-state index in [1.54, 1.807) is 4.90 Å². The lowest BCUT2D eigenvalue weighted by Gasteiger charge is -2.36. The highest BCUT2D eigenvalue weighted by molar-refractivity contribution is 5.71. The molecule has 0 bridgehead atoms. The number of hydrogen-bond donors (Lipinski definition) is 2. The number of hydrogen-bond acceptors (Lipinski definition) is 5. The smallest absolute Gasteiger partial charge is 0.410 e. The first-order chi connectivity index (χ1) is 14.0. The Morgan fingerprint density at radius 2 is 1.83 bits per heavy atom. The molecule has 1 aliphatic rings. The summed E-state index contributed by atoms with van der Waals surface area (Å²) >= 11 is 0. The van der Waals surface area contributed by atoms with Gasteiger partial charge in [-0.05, 0) is 51.5 Å². The van der Waals surface area contributed by atoms with Crippen LogP contribution in [-0.4, -0.2) is 52.5 Å². The first-order valence-electron chi connectivity index (χ1n) is 10.6. The first kappa shape index (κ1) is 24.0. The number of rotatable bonds is 9. The molecule has 0 heterocycles. The molecule has 0 aromatic heterocycles. The molecule has 7 nitrogen and oxygen atoms in total. The molecule has 0 aliphatic heterocycles. The number of carbonyl (C=O) groups is 2. The Morgan fingerprint density at radius 1 is 1.20 bits per heavy atom. The standard InChI is InChI=1S/C23H36N2O5/c1-17(2)13-19(14-26)25(21(28)30-22(3,4)5)16-23(11-12-23)24-20(27)29-15-18-9-7-6-8-10-18/h6-10,17,19,26H,11-16H2,1-5H3,(H,24,27)/t19-/m1/s1. The highest BCUT2D eigenvalue weighted by Gasteiger charge is 2.48. The second kappa shape index (κ2) is 10.2. The number of aliphatic hydroxyl groups is 1. The third-order valence-corrected chi connectivity index (χ3v) is 4.93. The zero-order chi connectivity index (χ0) is 22.4. The number of alkyl carbamates (subject to hydrolysis) is 1. The van der Waals surface area contributed by atoms with E-state index in [0.29, 0.717) is 12.3 Å². The monoisotopic (exact) mass is 420 g/mol. The van der Waals surface area contributed by atoms with Crippen molar-refractivity contribution in [2.45, 2.75) is 77.7 Å². The van der Waals surface area contributed by atoms with Crippen molar-refractivity contribution in [3.63, 3.8) is 0 Å². The van der Waals surface area contributed by atoms with Crippen molar-refractivity contribution in [3.8, 4) is 0 Å². The number of nitrogens with zero attached hydrogens (tertiary/aromatic N) is 1. The maximum Gasteiger partial charge on any atom is 0.410 e. The summed E-state index contributed by atoms with van der Waals surface area (Å²) in [6, 6.07) is 9.09. The third kappa shape index (κ3) is 7.86. The summed E-state index contributed by atoms with van der Waals surface area (Å²) in [6.07, 6.45) is 1.14. The van der Waals surface area contributed by atoms with Gasteiger partial charge in [0.1, 0.15) is 12.2 Å². The minimum atomic E-state index is -0.647. The summed E-state index contributed by atoms with van der Waals surface area (Å²) in [5.74, 6) is 0.297. The van der Waals surface area contributed by atoms with Crippen molar-refractivity contribution in [3.05, 3.63) is 35.9 Å². The third-order valence-electron chi connectivity index (χ3n) is 4.93. The van der Waals surface area contributed by atoms with E-state index in [0.717, 1.165) is 18.4 Å². The topological polar surface area (TPSA) is 88.1 Å². The van der Waals surface area contributed by atoms with Crippen LogP contribution in [0.4, 0.5) is 9.59 Å². The molecule has 1 atom stereocenters. The fraction of sp³-hybridized carbons (Fsp3) is 0.652. The van der Waals surface area contributed by atoms with E-state index in [1.807, 2.05) is 65.0 Å². The Bertz CT molecular complexity index is 695. The molecule has 2 amide bonds. The summed E-state index contributed by atoms with van der Waals surface area (Å²) in [5.41, 5.74) is -0.286. The lowest BCUT2D eigenvalue weighted by atomic mass is 10.0. The normalized spacial score (nSPS) is 16.0. The van der Waals surface area contributed by atoms with Gasteiger partial charge >= 0.3 is 12.2 Å². The van der Waals surface area contributed by atoms with Crippen molar-refractivity contribution >= 4 is 12.2 Å². The average Bonchev–Trinajstić information content (AvgIpc) is 3.41. The van der Waals surface area contributed by atoms with E-state index < -0.39 is 23.3 Å². The van der Waals surface area contributed by atoms with Crippen molar-refractivity contribution in [2.24, 2.45) is 5.92 Å². The molecule has 7 heteroatoms. The highest BCUT2D eigenvalue weighted by atomic mass is 16.6. The van der Waals surface area contributed by atoms with E-state index in [9.17, 15) is 14.7 Å². The molecule has 168 valence electrons. The van der Waals surface area contributed by atoms with Gasteiger partial charge < -0.3 is 24.8 Å². The maximum absolute atomic E-state index is 12.9. The van der Waals surface area contributed by atoms with Crippen LogP contribution in [0.3, 0.4) is 0 Å². The number of aliphatic hydroxyl groups excluding tert-OH is 1. The Hall–Kier alpha value is -2.28. The van der Waals surface area contributed by atoms with Gasteiger partial charge in [0.15, 0.2) is 0 Å². The number of benzene rings is 1. The van der Waals surface area contributed by atoms with Crippen LogP contribution in [0.1, 0.15) is 59.4 Å². The van der Waals surface area contributed by atoms with Crippen LogP contribution in [0.25, 0.3) is 0 Å². The molecule has 1 aromatic carbocycles. The molecule has 1 saturated carbocycles. The van der Waals surface area contributed by atoms with E-state index in [4.69, 9.17) is 9.47 Å². The SMILES string of the molecule is CC(C)C[C@H](CO)N(CC1(NC(=O)OCc2ccccc2)CC1)C(=O)OC(C)(C)C. The fourth-order valence-electron chi connectivity index (χ4n) is 3.28. The number of amides is 2. The van der Waals surface area contributed by atoms with E-state index in [2.05, 4.69) is 5.32 Å². The van der Waals surface area contributed by atoms with E-state index in [-0.39, 0.29) is 25.8 Å². The van der Waals surface area contributed by atoms with Gasteiger partial charge in [0.2, 0.25) is 0 Å². The minimum Gasteiger partial charge on any atom is -0.445 e. The van der Waals surface area contributed by atoms with Gasteiger partial charge in [-0.1, -0.05) is 44.2 Å². The molecule has 30 heavy (non-hydrogen) atoms. The lowest BCUT2D eigenvalue weighted by molar-refractivity contribution is 0.00281. The van der Waals surface area contributed by atoms with Crippen LogP contribution < -0.4 is 5.32 Å². The van der Waals surface area contributed by atoms with Gasteiger partial charge in [-0.15, -0.1) is 0 Å². The maximum atomic E-state index is 12.9. The second-order valence-corrected chi connectivity index (χ2v) is 9.54. The van der Waals surface area contributed by atoms with Gasteiger partial charge in [-0.2, -0.15) is 0 Å². The molecule has 2 N–H and O–H groups in total. The molecule has 1 aliphatic carbocycles. The van der Waals surface area contributed by atoms with Crippen molar-refractivity contribution in [1.29, 1.82) is 0 Å². The molecular formula is C23H36N2O5. The summed E-state index contributed by atoms with van der Waals surface area (Å²) in [5, 5.41) is 12.9. The van der Waals surface area contributed by atoms with E-state index in [1.165, 1.54) is 0 Å². The molecule has 1 fully saturated rings. The molecular weight excluding hydrogens is 384 g/mol. The van der Waals surface area contributed by atoms with Gasteiger partial charge in [0, 0.05) is 6.54 Å². The fourth-order valence-corrected chi connectivity index (χ4v) is 3.28. The summed E-state index contributed by atoms with van der Waals surface area (Å²) in [6.45, 7) is 9.82. The highest BCUT2D eigenvalue weighted by Crippen LogP contribution is 2.37. The average molecular weight is 421 g/mol. The zero-order valence-corrected chi connectivity index (χ0v) is 18.8. The first-order valence-corrected chi connectivity index (χ1v) is 10.6. The Morgan fingerprint density at radius 3 is 2.33 bits per heavy atom. The molecule has 2 rings (SSSR count). The van der Waals surface area contributed by atoms with Crippen molar-refractivity contribution in [2.75, 3.05) is 13.2 Å². The van der Waals surface area contributed by atoms with Crippen molar-refractivity contribution < 1.29 is 24.2 Å². The molecule has 0 radical (unpaired) electrons. The molecule has 0 unspecified atom stereocenters. The summed E-state index contributed by atoms with van der Waals surface area (Å²) < 4.78 is 10.9. The van der Waals surface area contributed by atoms with Gasteiger partial charge in [-0.3, -0.25) is 0 Å². The molecule has 0 saturated heterocycles. The number of nitrogens with one attached hydrogen (secondary N) is 1. The van der Waals surface area contributed by atoms with Crippen LogP contribution in [0.15, 0.2) is 30.3 Å². The Balaban J connectivity index is 2.03. The molecule has 0 spiro atoms. The van der Waals surface area contributed by atoms with Crippen LogP contribution in [0.5, 0.6) is 0 Å². The van der Waals surface area contributed by atoms with Crippen LogP contribution >= 0.6 is 0 Å². The number of ether oxygens (including phenoxy) is 2. The Labute approximate surface area is 179 Å². The van der Waals surface area contributed by atoms with Gasteiger partial charge in [0.25, 0.3) is 0 Å². The zero-order valence-electron chi connectivity index (χ0n) is 18.8. The number of carbonyl (C=O) groups excluding carboxylic acids is 2. The van der Waals surface area contributed by atoms with Gasteiger partial charge in [0.05, 0.1) is 18.2 Å². The predicted octanol–water partition coefficient (Wildman–Crippen LogP) is 4.09. The molecule has 1 aromatic rings. The van der Waals surface area contributed by atoms with Crippen LogP contribution in [0, 0.1) is 5.92 Å². The van der Waals surface area contributed by atoms with Gasteiger partial charge in [-0.25, -0.2) is 9.59 Å². The predicted molar refractivity (Wildman–Crippen MR) is 115 cm³/mol. The van der Waals surface area contributed by atoms with Crippen LogP contribution in [-0.2, 0) is 16.1 Å². The van der Waals surface area contributed by atoms with E-state index >= 15 is 0 Å². The summed E-state index contributed by atoms with van der Waals surface area (Å²) in [4.78, 5) is 26.8. The quantitative estimate of drug-likeness (QED) is 0.628.